The minimum absolute atomic E-state index is 0.527. The predicted octanol–water partition coefficient (Wildman–Crippen LogP) is 4.34. The van der Waals surface area contributed by atoms with E-state index in [0.717, 1.165) is 23.8 Å². The van der Waals surface area contributed by atoms with Crippen molar-refractivity contribution in [3.63, 3.8) is 0 Å². The van der Waals surface area contributed by atoms with Crippen LogP contribution >= 0.6 is 0 Å². The van der Waals surface area contributed by atoms with Gasteiger partial charge >= 0.3 is 0 Å². The molecule has 0 saturated carbocycles. The molecule has 0 amide bonds. The van der Waals surface area contributed by atoms with E-state index in [4.69, 9.17) is 9.47 Å². The zero-order valence-corrected chi connectivity index (χ0v) is 13.3. The fourth-order valence-corrected chi connectivity index (χ4v) is 2.13. The molecule has 0 aliphatic rings. The number of hydrogen-bond acceptors (Lipinski definition) is 3. The Hall–Kier alpha value is -1.22. The average molecular weight is 279 g/mol. The summed E-state index contributed by atoms with van der Waals surface area (Å²) in [7, 11) is 1.68. The van der Waals surface area contributed by atoms with Gasteiger partial charge in [-0.2, -0.15) is 0 Å². The number of nitrogens with one attached hydrogen (secondary N) is 1. The summed E-state index contributed by atoms with van der Waals surface area (Å²) in [6, 6.07) is 8.70. The van der Waals surface area contributed by atoms with Gasteiger partial charge in [0.1, 0.15) is 12.4 Å². The first kappa shape index (κ1) is 16.8. The van der Waals surface area contributed by atoms with Gasteiger partial charge in [-0.25, -0.2) is 0 Å². The maximum atomic E-state index is 5.64. The fourth-order valence-electron chi connectivity index (χ4n) is 2.13. The molecule has 0 saturated heterocycles. The van der Waals surface area contributed by atoms with Gasteiger partial charge in [-0.1, -0.05) is 33.3 Å². The number of rotatable bonds is 10. The van der Waals surface area contributed by atoms with E-state index in [1.807, 2.05) is 12.1 Å². The van der Waals surface area contributed by atoms with Gasteiger partial charge in [-0.15, -0.1) is 0 Å². The van der Waals surface area contributed by atoms with Gasteiger partial charge in [0, 0.05) is 24.9 Å². The van der Waals surface area contributed by atoms with Crippen molar-refractivity contribution >= 4 is 5.69 Å². The van der Waals surface area contributed by atoms with Crippen LogP contribution in [0.2, 0.25) is 0 Å². The number of benzene rings is 1. The standard InChI is InChI=1S/C17H29NO2/c1-5-14(3)12-15(6-2)18-16-8-7-9-17(13-16)20-11-10-19-4/h7-9,13-15,18H,5-6,10-12H2,1-4H3. The Balaban J connectivity index is 2.54. The van der Waals surface area contributed by atoms with Crippen LogP contribution in [0.1, 0.15) is 40.0 Å². The Morgan fingerprint density at radius 1 is 1.15 bits per heavy atom. The van der Waals surface area contributed by atoms with Crippen LogP contribution in [0.4, 0.5) is 5.69 Å². The van der Waals surface area contributed by atoms with Gasteiger partial charge in [0.2, 0.25) is 0 Å². The van der Waals surface area contributed by atoms with Crippen LogP contribution in [0.25, 0.3) is 0 Å². The molecule has 1 aromatic rings. The van der Waals surface area contributed by atoms with E-state index in [1.54, 1.807) is 7.11 Å². The van der Waals surface area contributed by atoms with Gasteiger partial charge in [-0.3, -0.25) is 0 Å². The molecule has 0 radical (unpaired) electrons. The predicted molar refractivity (Wildman–Crippen MR) is 85.6 cm³/mol. The van der Waals surface area contributed by atoms with Crippen molar-refractivity contribution in [2.24, 2.45) is 5.92 Å². The first-order valence-corrected chi connectivity index (χ1v) is 7.67. The molecule has 0 aliphatic heterocycles. The van der Waals surface area contributed by atoms with E-state index in [9.17, 15) is 0 Å². The topological polar surface area (TPSA) is 30.5 Å². The minimum Gasteiger partial charge on any atom is -0.491 e. The Bertz CT molecular complexity index is 368. The van der Waals surface area contributed by atoms with Crippen molar-refractivity contribution in [3.05, 3.63) is 24.3 Å². The highest BCUT2D eigenvalue weighted by molar-refractivity contribution is 5.48. The molecular weight excluding hydrogens is 250 g/mol. The quantitative estimate of drug-likeness (QED) is 0.646. The molecule has 20 heavy (non-hydrogen) atoms. The summed E-state index contributed by atoms with van der Waals surface area (Å²) in [6.45, 7) is 8.00. The highest BCUT2D eigenvalue weighted by Gasteiger charge is 2.10. The lowest BCUT2D eigenvalue weighted by Crippen LogP contribution is -2.21. The van der Waals surface area contributed by atoms with E-state index >= 15 is 0 Å². The van der Waals surface area contributed by atoms with Gasteiger partial charge in [0.15, 0.2) is 0 Å². The Labute approximate surface area is 123 Å². The second kappa shape index (κ2) is 9.65. The number of methoxy groups -OCH3 is 1. The van der Waals surface area contributed by atoms with Crippen molar-refractivity contribution in [2.75, 3.05) is 25.6 Å². The van der Waals surface area contributed by atoms with Crippen LogP contribution in [0.3, 0.4) is 0 Å². The lowest BCUT2D eigenvalue weighted by molar-refractivity contribution is 0.146. The molecule has 0 fully saturated rings. The molecule has 3 heteroatoms. The zero-order valence-electron chi connectivity index (χ0n) is 13.3. The van der Waals surface area contributed by atoms with E-state index in [-0.39, 0.29) is 0 Å². The fraction of sp³-hybridized carbons (Fsp3) is 0.647. The zero-order chi connectivity index (χ0) is 14.8. The monoisotopic (exact) mass is 279 g/mol. The van der Waals surface area contributed by atoms with Crippen molar-refractivity contribution < 1.29 is 9.47 Å². The molecule has 0 spiro atoms. The van der Waals surface area contributed by atoms with Crippen LogP contribution in [-0.2, 0) is 4.74 Å². The summed E-state index contributed by atoms with van der Waals surface area (Å²) in [5.41, 5.74) is 1.13. The molecule has 114 valence electrons. The van der Waals surface area contributed by atoms with Crippen molar-refractivity contribution in [1.29, 1.82) is 0 Å². The third-order valence-electron chi connectivity index (χ3n) is 3.64. The number of hydrogen-bond donors (Lipinski definition) is 1. The lowest BCUT2D eigenvalue weighted by Gasteiger charge is -2.21. The highest BCUT2D eigenvalue weighted by atomic mass is 16.5. The summed E-state index contributed by atoms with van der Waals surface area (Å²) < 4.78 is 10.6. The van der Waals surface area contributed by atoms with E-state index < -0.39 is 0 Å². The molecule has 1 rings (SSSR count). The van der Waals surface area contributed by atoms with Gasteiger partial charge in [0.05, 0.1) is 6.61 Å². The maximum absolute atomic E-state index is 5.64. The van der Waals surface area contributed by atoms with Crippen molar-refractivity contribution in [2.45, 2.75) is 46.1 Å². The molecule has 2 atom stereocenters. The lowest BCUT2D eigenvalue weighted by atomic mass is 9.97. The number of ether oxygens (including phenoxy) is 2. The van der Waals surface area contributed by atoms with E-state index in [2.05, 4.69) is 38.2 Å². The highest BCUT2D eigenvalue weighted by Crippen LogP contribution is 2.21. The van der Waals surface area contributed by atoms with Crippen LogP contribution in [-0.4, -0.2) is 26.4 Å². The second-order valence-corrected chi connectivity index (χ2v) is 5.37. The molecule has 0 bridgehead atoms. The molecule has 0 aliphatic carbocycles. The molecule has 1 aromatic carbocycles. The third-order valence-corrected chi connectivity index (χ3v) is 3.64. The summed E-state index contributed by atoms with van der Waals surface area (Å²) >= 11 is 0. The SMILES string of the molecule is CCC(C)CC(CC)Nc1cccc(OCCOC)c1. The van der Waals surface area contributed by atoms with Gasteiger partial charge < -0.3 is 14.8 Å². The Kier molecular flexibility index (Phi) is 8.12. The minimum atomic E-state index is 0.527. The van der Waals surface area contributed by atoms with E-state index in [1.165, 1.54) is 12.8 Å². The average Bonchev–Trinajstić information content (AvgIpc) is 2.47. The smallest absolute Gasteiger partial charge is 0.121 e. The van der Waals surface area contributed by atoms with Crippen LogP contribution < -0.4 is 10.1 Å². The molecule has 2 unspecified atom stereocenters. The largest absolute Gasteiger partial charge is 0.491 e. The van der Waals surface area contributed by atoms with Crippen LogP contribution in [0, 0.1) is 5.92 Å². The van der Waals surface area contributed by atoms with Gasteiger partial charge in [0.25, 0.3) is 0 Å². The summed E-state index contributed by atoms with van der Waals surface area (Å²) in [5, 5.41) is 3.61. The van der Waals surface area contributed by atoms with Gasteiger partial charge in [-0.05, 0) is 30.9 Å². The third kappa shape index (κ3) is 6.29. The van der Waals surface area contributed by atoms with Crippen molar-refractivity contribution in [1.82, 2.24) is 0 Å². The molecule has 1 N–H and O–H groups in total. The summed E-state index contributed by atoms with van der Waals surface area (Å²) in [4.78, 5) is 0. The van der Waals surface area contributed by atoms with Crippen LogP contribution in [0.5, 0.6) is 5.75 Å². The molecule has 3 nitrogen and oxygen atoms in total. The Morgan fingerprint density at radius 2 is 1.95 bits per heavy atom. The number of anilines is 1. The molecule has 0 heterocycles. The first-order valence-electron chi connectivity index (χ1n) is 7.67. The molecular formula is C17H29NO2. The normalized spacial score (nSPS) is 13.8. The van der Waals surface area contributed by atoms with E-state index in [0.29, 0.717) is 19.3 Å². The first-order chi connectivity index (χ1) is 9.69. The Morgan fingerprint density at radius 3 is 2.60 bits per heavy atom. The maximum Gasteiger partial charge on any atom is 0.121 e. The summed E-state index contributed by atoms with van der Waals surface area (Å²) in [5.74, 6) is 1.65. The molecule has 0 aromatic heterocycles. The van der Waals surface area contributed by atoms with Crippen LogP contribution in [0.15, 0.2) is 24.3 Å². The second-order valence-electron chi connectivity index (χ2n) is 5.37. The summed E-state index contributed by atoms with van der Waals surface area (Å²) in [6.07, 6.45) is 3.58. The van der Waals surface area contributed by atoms with Crippen molar-refractivity contribution in [3.8, 4) is 5.75 Å².